The Morgan fingerprint density at radius 3 is 2.76 bits per heavy atom. The molecule has 0 spiro atoms. The summed E-state index contributed by atoms with van der Waals surface area (Å²) in [5.41, 5.74) is 0.254. The summed E-state index contributed by atoms with van der Waals surface area (Å²) in [6.07, 6.45) is -0.541. The van der Waals surface area contributed by atoms with Gasteiger partial charge in [-0.15, -0.1) is 0 Å². The standard InChI is InChI=1S/C13H19NO3/c1-13(16)8-14(9-13)7-12(15)10-4-3-5-11(6-10)17-2/h3-6,12,15-16H,7-9H2,1-2H3. The van der Waals surface area contributed by atoms with E-state index in [0.717, 1.165) is 11.3 Å². The number of methoxy groups -OCH3 is 1. The van der Waals surface area contributed by atoms with Gasteiger partial charge >= 0.3 is 0 Å². The van der Waals surface area contributed by atoms with Crippen molar-refractivity contribution in [1.82, 2.24) is 4.90 Å². The molecule has 0 bridgehead atoms. The molecule has 1 unspecified atom stereocenters. The molecule has 17 heavy (non-hydrogen) atoms. The molecule has 4 heteroatoms. The molecular formula is C13H19NO3. The van der Waals surface area contributed by atoms with Gasteiger partial charge in [0.2, 0.25) is 0 Å². The lowest BCUT2D eigenvalue weighted by molar-refractivity contribution is -0.0955. The van der Waals surface area contributed by atoms with E-state index in [4.69, 9.17) is 4.74 Å². The number of aliphatic hydroxyl groups is 2. The van der Waals surface area contributed by atoms with Crippen LogP contribution in [-0.2, 0) is 0 Å². The average Bonchev–Trinajstić information content (AvgIpc) is 2.26. The van der Waals surface area contributed by atoms with E-state index in [1.54, 1.807) is 14.0 Å². The normalized spacial score (nSPS) is 20.7. The first-order valence-electron chi connectivity index (χ1n) is 5.77. The maximum absolute atomic E-state index is 10.1. The van der Waals surface area contributed by atoms with Crippen LogP contribution in [0, 0.1) is 0 Å². The average molecular weight is 237 g/mol. The molecule has 94 valence electrons. The van der Waals surface area contributed by atoms with Crippen LogP contribution in [0.2, 0.25) is 0 Å². The number of hydrogen-bond donors (Lipinski definition) is 2. The Hall–Kier alpha value is -1.10. The van der Waals surface area contributed by atoms with Crippen LogP contribution in [0.3, 0.4) is 0 Å². The molecule has 1 fully saturated rings. The zero-order chi connectivity index (χ0) is 12.5. The Morgan fingerprint density at radius 2 is 2.18 bits per heavy atom. The van der Waals surface area contributed by atoms with Crippen LogP contribution < -0.4 is 4.74 Å². The highest BCUT2D eigenvalue weighted by Crippen LogP contribution is 2.25. The van der Waals surface area contributed by atoms with E-state index in [9.17, 15) is 10.2 Å². The van der Waals surface area contributed by atoms with Gasteiger partial charge in [-0.1, -0.05) is 12.1 Å². The van der Waals surface area contributed by atoms with Crippen molar-refractivity contribution in [3.8, 4) is 5.75 Å². The number of rotatable bonds is 4. The fourth-order valence-electron chi connectivity index (χ4n) is 2.24. The van der Waals surface area contributed by atoms with Gasteiger partial charge in [0, 0.05) is 19.6 Å². The fourth-order valence-corrected chi connectivity index (χ4v) is 2.24. The summed E-state index contributed by atoms with van der Waals surface area (Å²) in [4.78, 5) is 2.03. The molecule has 1 saturated heterocycles. The zero-order valence-electron chi connectivity index (χ0n) is 10.3. The van der Waals surface area contributed by atoms with Crippen molar-refractivity contribution >= 4 is 0 Å². The second-order valence-corrected chi connectivity index (χ2v) is 4.96. The third-order valence-corrected chi connectivity index (χ3v) is 3.04. The van der Waals surface area contributed by atoms with Gasteiger partial charge in [-0.3, -0.25) is 4.90 Å². The van der Waals surface area contributed by atoms with Gasteiger partial charge in [0.25, 0.3) is 0 Å². The van der Waals surface area contributed by atoms with E-state index >= 15 is 0 Å². The number of ether oxygens (including phenoxy) is 1. The molecule has 0 aromatic heterocycles. The number of β-amino-alcohol motifs (C(OH)–C–C–N with tert-alkyl or cyclic N) is 2. The van der Waals surface area contributed by atoms with Gasteiger partial charge in [0.15, 0.2) is 0 Å². The molecule has 1 aromatic rings. The Morgan fingerprint density at radius 1 is 1.47 bits per heavy atom. The molecule has 0 radical (unpaired) electrons. The topological polar surface area (TPSA) is 52.9 Å². The van der Waals surface area contributed by atoms with Crippen LogP contribution in [0.4, 0.5) is 0 Å². The van der Waals surface area contributed by atoms with E-state index < -0.39 is 11.7 Å². The smallest absolute Gasteiger partial charge is 0.119 e. The summed E-state index contributed by atoms with van der Waals surface area (Å²) in [5, 5.41) is 19.7. The first-order chi connectivity index (χ1) is 8.00. The Labute approximate surface area is 101 Å². The van der Waals surface area contributed by atoms with Gasteiger partial charge < -0.3 is 14.9 Å². The highest BCUT2D eigenvalue weighted by atomic mass is 16.5. The quantitative estimate of drug-likeness (QED) is 0.813. The van der Waals surface area contributed by atoms with Crippen molar-refractivity contribution in [3.63, 3.8) is 0 Å². The molecule has 1 aliphatic rings. The lowest BCUT2D eigenvalue weighted by Gasteiger charge is -2.45. The van der Waals surface area contributed by atoms with Crippen molar-refractivity contribution in [3.05, 3.63) is 29.8 Å². The van der Waals surface area contributed by atoms with Gasteiger partial charge in [-0.05, 0) is 24.6 Å². The van der Waals surface area contributed by atoms with Crippen LogP contribution >= 0.6 is 0 Å². The van der Waals surface area contributed by atoms with Crippen molar-refractivity contribution < 1.29 is 14.9 Å². The second kappa shape index (κ2) is 4.64. The van der Waals surface area contributed by atoms with Crippen LogP contribution in [-0.4, -0.2) is 47.5 Å². The molecule has 1 aliphatic heterocycles. The number of aliphatic hydroxyl groups excluding tert-OH is 1. The fraction of sp³-hybridized carbons (Fsp3) is 0.538. The lowest BCUT2D eigenvalue weighted by atomic mass is 9.96. The van der Waals surface area contributed by atoms with Crippen LogP contribution in [0.1, 0.15) is 18.6 Å². The van der Waals surface area contributed by atoms with Gasteiger partial charge in [0.05, 0.1) is 18.8 Å². The molecule has 0 saturated carbocycles. The Bertz CT molecular complexity index is 384. The minimum absolute atomic E-state index is 0.541. The largest absolute Gasteiger partial charge is 0.497 e. The van der Waals surface area contributed by atoms with Gasteiger partial charge in [0.1, 0.15) is 5.75 Å². The maximum Gasteiger partial charge on any atom is 0.119 e. The number of benzene rings is 1. The van der Waals surface area contributed by atoms with E-state index in [1.807, 2.05) is 29.2 Å². The first kappa shape index (κ1) is 12.4. The second-order valence-electron chi connectivity index (χ2n) is 4.96. The van der Waals surface area contributed by atoms with Crippen LogP contribution in [0.25, 0.3) is 0 Å². The van der Waals surface area contributed by atoms with Crippen molar-refractivity contribution in [2.75, 3.05) is 26.7 Å². The van der Waals surface area contributed by atoms with Crippen molar-refractivity contribution in [1.29, 1.82) is 0 Å². The zero-order valence-corrected chi connectivity index (χ0v) is 10.3. The Balaban J connectivity index is 1.93. The van der Waals surface area contributed by atoms with Crippen molar-refractivity contribution in [2.24, 2.45) is 0 Å². The summed E-state index contributed by atoms with van der Waals surface area (Å²) >= 11 is 0. The minimum atomic E-state index is -0.589. The third kappa shape index (κ3) is 2.97. The first-order valence-corrected chi connectivity index (χ1v) is 5.77. The predicted octanol–water partition coefficient (Wildman–Crippen LogP) is 0.795. The molecule has 1 heterocycles. The highest BCUT2D eigenvalue weighted by Gasteiger charge is 2.37. The molecule has 1 atom stereocenters. The number of nitrogens with zero attached hydrogens (tertiary/aromatic N) is 1. The van der Waals surface area contributed by atoms with Gasteiger partial charge in [-0.2, -0.15) is 0 Å². The Kier molecular flexibility index (Phi) is 3.38. The summed E-state index contributed by atoms with van der Waals surface area (Å²) in [6, 6.07) is 7.43. The van der Waals surface area contributed by atoms with Crippen LogP contribution in [0.5, 0.6) is 5.75 Å². The number of hydrogen-bond acceptors (Lipinski definition) is 4. The summed E-state index contributed by atoms with van der Waals surface area (Å²) in [7, 11) is 1.61. The van der Waals surface area contributed by atoms with Gasteiger partial charge in [-0.25, -0.2) is 0 Å². The van der Waals surface area contributed by atoms with E-state index in [0.29, 0.717) is 19.6 Å². The monoisotopic (exact) mass is 237 g/mol. The van der Waals surface area contributed by atoms with E-state index in [1.165, 1.54) is 0 Å². The summed E-state index contributed by atoms with van der Waals surface area (Å²) in [6.45, 7) is 3.59. The minimum Gasteiger partial charge on any atom is -0.497 e. The summed E-state index contributed by atoms with van der Waals surface area (Å²) in [5.74, 6) is 0.747. The maximum atomic E-state index is 10.1. The summed E-state index contributed by atoms with van der Waals surface area (Å²) < 4.78 is 5.12. The lowest BCUT2D eigenvalue weighted by Crippen LogP contribution is -2.60. The molecule has 0 aliphatic carbocycles. The van der Waals surface area contributed by atoms with Crippen LogP contribution in [0.15, 0.2) is 24.3 Å². The van der Waals surface area contributed by atoms with E-state index in [-0.39, 0.29) is 0 Å². The molecule has 1 aromatic carbocycles. The third-order valence-electron chi connectivity index (χ3n) is 3.04. The SMILES string of the molecule is COc1cccc(C(O)CN2CC(C)(O)C2)c1. The molecular weight excluding hydrogens is 218 g/mol. The molecule has 2 rings (SSSR count). The predicted molar refractivity (Wildman–Crippen MR) is 65.0 cm³/mol. The highest BCUT2D eigenvalue weighted by molar-refractivity contribution is 5.30. The molecule has 4 nitrogen and oxygen atoms in total. The molecule has 2 N–H and O–H groups in total. The van der Waals surface area contributed by atoms with E-state index in [2.05, 4.69) is 0 Å². The number of likely N-dealkylation sites (tertiary alicyclic amines) is 1. The molecule has 0 amide bonds. The van der Waals surface area contributed by atoms with Crippen molar-refractivity contribution in [2.45, 2.75) is 18.6 Å².